The number of amides is 1. The summed E-state index contributed by atoms with van der Waals surface area (Å²) in [5.41, 5.74) is 0.285. The standard InChI is InChI=1S/C12H9FN2O3S/c13-8-3-1-7(2-4-8)11(16)14-5-10-15-9(6-19-10)12(17)18/h1-4,6H,5H2,(H,14,16)(H,17,18). The average molecular weight is 280 g/mol. The van der Waals surface area contributed by atoms with Gasteiger partial charge in [0.2, 0.25) is 0 Å². The molecule has 2 rings (SSSR count). The van der Waals surface area contributed by atoms with Crippen LogP contribution in [0.25, 0.3) is 0 Å². The van der Waals surface area contributed by atoms with E-state index in [2.05, 4.69) is 10.3 Å². The van der Waals surface area contributed by atoms with E-state index >= 15 is 0 Å². The predicted molar refractivity (Wildman–Crippen MR) is 66.6 cm³/mol. The quantitative estimate of drug-likeness (QED) is 0.896. The Morgan fingerprint density at radius 3 is 2.58 bits per heavy atom. The van der Waals surface area contributed by atoms with Crippen LogP contribution < -0.4 is 5.32 Å². The third-order valence-electron chi connectivity index (χ3n) is 2.28. The maximum absolute atomic E-state index is 12.7. The fourth-order valence-electron chi connectivity index (χ4n) is 1.35. The molecule has 2 N–H and O–H groups in total. The third kappa shape index (κ3) is 3.35. The zero-order chi connectivity index (χ0) is 13.8. The van der Waals surface area contributed by atoms with Crippen LogP contribution in [0, 0.1) is 5.82 Å². The molecule has 0 spiro atoms. The van der Waals surface area contributed by atoms with Crippen LogP contribution >= 0.6 is 11.3 Å². The number of rotatable bonds is 4. The van der Waals surface area contributed by atoms with Crippen LogP contribution in [0.3, 0.4) is 0 Å². The van der Waals surface area contributed by atoms with Crippen molar-refractivity contribution in [1.29, 1.82) is 0 Å². The number of benzene rings is 1. The van der Waals surface area contributed by atoms with Gasteiger partial charge in [0.05, 0.1) is 6.54 Å². The lowest BCUT2D eigenvalue weighted by molar-refractivity contribution is 0.0691. The van der Waals surface area contributed by atoms with Gasteiger partial charge >= 0.3 is 5.97 Å². The molecule has 0 saturated heterocycles. The molecule has 0 bridgehead atoms. The highest BCUT2D eigenvalue weighted by Gasteiger charge is 2.10. The Hall–Kier alpha value is -2.28. The first kappa shape index (κ1) is 13.2. The van der Waals surface area contributed by atoms with E-state index in [0.717, 1.165) is 11.3 Å². The molecule has 0 atom stereocenters. The van der Waals surface area contributed by atoms with Crippen LogP contribution in [-0.4, -0.2) is 22.0 Å². The Balaban J connectivity index is 1.96. The third-order valence-corrected chi connectivity index (χ3v) is 3.13. The van der Waals surface area contributed by atoms with Gasteiger partial charge in [0.1, 0.15) is 10.8 Å². The lowest BCUT2D eigenvalue weighted by Crippen LogP contribution is -2.22. The highest BCUT2D eigenvalue weighted by Crippen LogP contribution is 2.10. The van der Waals surface area contributed by atoms with Crippen molar-refractivity contribution in [3.8, 4) is 0 Å². The van der Waals surface area contributed by atoms with Gasteiger partial charge in [-0.2, -0.15) is 0 Å². The minimum atomic E-state index is -1.10. The molecule has 7 heteroatoms. The molecule has 0 radical (unpaired) electrons. The molecule has 0 aliphatic carbocycles. The van der Waals surface area contributed by atoms with Gasteiger partial charge in [-0.3, -0.25) is 4.79 Å². The van der Waals surface area contributed by atoms with Crippen molar-refractivity contribution in [3.05, 3.63) is 51.7 Å². The van der Waals surface area contributed by atoms with Crippen LogP contribution in [0.2, 0.25) is 0 Å². The Kier molecular flexibility index (Phi) is 3.86. The van der Waals surface area contributed by atoms with E-state index in [1.54, 1.807) is 0 Å². The number of hydrogen-bond acceptors (Lipinski definition) is 4. The van der Waals surface area contributed by atoms with Crippen molar-refractivity contribution in [1.82, 2.24) is 10.3 Å². The second-order valence-corrected chi connectivity index (χ2v) is 4.56. The summed E-state index contributed by atoms with van der Waals surface area (Å²) < 4.78 is 12.7. The maximum atomic E-state index is 12.7. The Bertz CT molecular complexity index is 610. The van der Waals surface area contributed by atoms with Crippen LogP contribution in [0.1, 0.15) is 25.9 Å². The first-order valence-corrected chi connectivity index (χ1v) is 6.15. The van der Waals surface area contributed by atoms with Crippen molar-refractivity contribution < 1.29 is 19.1 Å². The number of carboxylic acids is 1. The number of aromatic carboxylic acids is 1. The Morgan fingerprint density at radius 2 is 2.00 bits per heavy atom. The largest absolute Gasteiger partial charge is 0.476 e. The summed E-state index contributed by atoms with van der Waals surface area (Å²) in [7, 11) is 0. The van der Waals surface area contributed by atoms with E-state index < -0.39 is 11.8 Å². The van der Waals surface area contributed by atoms with E-state index in [9.17, 15) is 14.0 Å². The first-order chi connectivity index (χ1) is 9.06. The summed E-state index contributed by atoms with van der Waals surface area (Å²) in [6, 6.07) is 5.13. The van der Waals surface area contributed by atoms with Gasteiger partial charge in [0.25, 0.3) is 5.91 Å². The Labute approximate surface area is 111 Å². The summed E-state index contributed by atoms with van der Waals surface area (Å²) in [4.78, 5) is 26.2. The van der Waals surface area contributed by atoms with E-state index in [1.807, 2.05) is 0 Å². The minimum Gasteiger partial charge on any atom is -0.476 e. The Morgan fingerprint density at radius 1 is 1.32 bits per heavy atom. The fraction of sp³-hybridized carbons (Fsp3) is 0.0833. The molecule has 0 unspecified atom stereocenters. The second kappa shape index (κ2) is 5.57. The number of carbonyl (C=O) groups is 2. The van der Waals surface area contributed by atoms with Gasteiger partial charge in [0.15, 0.2) is 5.69 Å². The summed E-state index contributed by atoms with van der Waals surface area (Å²) in [5, 5.41) is 13.2. The lowest BCUT2D eigenvalue weighted by Gasteiger charge is -2.02. The monoisotopic (exact) mass is 280 g/mol. The van der Waals surface area contributed by atoms with E-state index in [-0.39, 0.29) is 18.1 Å². The van der Waals surface area contributed by atoms with Gasteiger partial charge in [0, 0.05) is 10.9 Å². The van der Waals surface area contributed by atoms with Gasteiger partial charge in [-0.25, -0.2) is 14.2 Å². The molecule has 0 aliphatic heterocycles. The van der Waals surface area contributed by atoms with E-state index in [1.165, 1.54) is 29.6 Å². The first-order valence-electron chi connectivity index (χ1n) is 5.28. The van der Waals surface area contributed by atoms with Gasteiger partial charge < -0.3 is 10.4 Å². The number of nitrogens with one attached hydrogen (secondary N) is 1. The summed E-state index contributed by atoms with van der Waals surface area (Å²) in [6.45, 7) is 0.133. The van der Waals surface area contributed by atoms with Crippen molar-refractivity contribution >= 4 is 23.2 Å². The van der Waals surface area contributed by atoms with Crippen LogP contribution in [0.4, 0.5) is 4.39 Å². The summed E-state index contributed by atoms with van der Waals surface area (Å²) in [5.74, 6) is -1.89. The predicted octanol–water partition coefficient (Wildman–Crippen LogP) is 1.91. The number of halogens is 1. The van der Waals surface area contributed by atoms with E-state index in [4.69, 9.17) is 5.11 Å². The average Bonchev–Trinajstić information content (AvgIpc) is 2.86. The summed E-state index contributed by atoms with van der Waals surface area (Å²) in [6.07, 6.45) is 0. The van der Waals surface area contributed by atoms with Crippen LogP contribution in [0.15, 0.2) is 29.6 Å². The van der Waals surface area contributed by atoms with Crippen molar-refractivity contribution in [2.75, 3.05) is 0 Å². The van der Waals surface area contributed by atoms with Crippen molar-refractivity contribution in [2.45, 2.75) is 6.54 Å². The normalized spacial score (nSPS) is 10.2. The molecule has 5 nitrogen and oxygen atoms in total. The van der Waals surface area contributed by atoms with Crippen LogP contribution in [0.5, 0.6) is 0 Å². The molecule has 0 saturated carbocycles. The molecule has 0 aliphatic rings. The van der Waals surface area contributed by atoms with Crippen molar-refractivity contribution in [2.24, 2.45) is 0 Å². The van der Waals surface area contributed by atoms with Gasteiger partial charge in [-0.1, -0.05) is 0 Å². The number of hydrogen-bond donors (Lipinski definition) is 2. The van der Waals surface area contributed by atoms with E-state index in [0.29, 0.717) is 10.6 Å². The highest BCUT2D eigenvalue weighted by atomic mass is 32.1. The number of thiazole rings is 1. The number of aromatic nitrogens is 1. The molecule has 0 fully saturated rings. The highest BCUT2D eigenvalue weighted by molar-refractivity contribution is 7.09. The molecule has 98 valence electrons. The molecule has 1 aromatic heterocycles. The zero-order valence-corrected chi connectivity index (χ0v) is 10.4. The van der Waals surface area contributed by atoms with Crippen molar-refractivity contribution in [3.63, 3.8) is 0 Å². The molecule has 19 heavy (non-hydrogen) atoms. The fourth-order valence-corrected chi connectivity index (χ4v) is 2.06. The number of nitrogens with zero attached hydrogens (tertiary/aromatic N) is 1. The molecular weight excluding hydrogens is 271 g/mol. The molecule has 1 aromatic carbocycles. The number of carboxylic acid groups (broad SMARTS) is 1. The minimum absolute atomic E-state index is 0.0453. The zero-order valence-electron chi connectivity index (χ0n) is 9.59. The molecule has 2 aromatic rings. The van der Waals surface area contributed by atoms with Gasteiger partial charge in [-0.15, -0.1) is 11.3 Å². The summed E-state index contributed by atoms with van der Waals surface area (Å²) >= 11 is 1.15. The molecule has 1 heterocycles. The second-order valence-electron chi connectivity index (χ2n) is 3.62. The maximum Gasteiger partial charge on any atom is 0.355 e. The topological polar surface area (TPSA) is 79.3 Å². The molecule has 1 amide bonds. The number of carbonyl (C=O) groups excluding carboxylic acids is 1. The SMILES string of the molecule is O=C(NCc1nc(C(=O)O)cs1)c1ccc(F)cc1. The molecular formula is C12H9FN2O3S. The lowest BCUT2D eigenvalue weighted by atomic mass is 10.2. The van der Waals surface area contributed by atoms with Gasteiger partial charge in [-0.05, 0) is 24.3 Å². The smallest absolute Gasteiger partial charge is 0.355 e. The van der Waals surface area contributed by atoms with Crippen LogP contribution in [-0.2, 0) is 6.54 Å².